The van der Waals surface area contributed by atoms with Crippen LogP contribution in [0, 0.1) is 0 Å². The summed E-state index contributed by atoms with van der Waals surface area (Å²) in [6.45, 7) is 2.54. The van der Waals surface area contributed by atoms with E-state index in [-0.39, 0.29) is 12.8 Å². The van der Waals surface area contributed by atoms with Crippen molar-refractivity contribution < 1.29 is 52.6 Å². The predicted octanol–water partition coefficient (Wildman–Crippen LogP) is 9.69. The highest BCUT2D eigenvalue weighted by molar-refractivity contribution is 7.47. The highest BCUT2D eigenvalue weighted by Crippen LogP contribution is 2.43. The van der Waals surface area contributed by atoms with Gasteiger partial charge in [0.1, 0.15) is 12.6 Å². The number of aliphatic hydroxyl groups is 1. The lowest BCUT2D eigenvalue weighted by Crippen LogP contribution is -2.34. The first-order valence-corrected chi connectivity index (χ1v) is 22.2. The van der Waals surface area contributed by atoms with Gasteiger partial charge in [-0.2, -0.15) is 0 Å². The van der Waals surface area contributed by atoms with E-state index < -0.39 is 63.8 Å². The van der Waals surface area contributed by atoms with Crippen LogP contribution in [-0.4, -0.2) is 71.1 Å². The number of rotatable bonds is 37. The van der Waals surface area contributed by atoms with Gasteiger partial charge in [0.2, 0.25) is 0 Å². The highest BCUT2D eigenvalue weighted by atomic mass is 31.2. The van der Waals surface area contributed by atoms with Crippen LogP contribution in [0.4, 0.5) is 0 Å². The molecule has 0 aliphatic heterocycles. The SMILES string of the molecule is CCCCC/C=C\C=C/[C@@H](O)C/C=C\C/C=C/CCCC(=O)OC[C@H](COP(=O)(O)OC[C@H](N)C(=O)O)OC(=O)CCCC/C=C\C/C=C\C/C=C\CCCCC. The fourth-order valence-electron chi connectivity index (χ4n) is 4.85. The topological polar surface area (TPSA) is 192 Å². The Kier molecular flexibility index (Phi) is 35.9. The summed E-state index contributed by atoms with van der Waals surface area (Å²) in [4.78, 5) is 45.9. The van der Waals surface area contributed by atoms with E-state index >= 15 is 0 Å². The molecule has 0 aliphatic rings. The number of carbonyl (C=O) groups excluding carboxylic acids is 2. The number of phosphoric ester groups is 1. The molecule has 0 radical (unpaired) electrons. The van der Waals surface area contributed by atoms with E-state index in [2.05, 4.69) is 60.9 Å². The number of nitrogens with two attached hydrogens (primary N) is 1. The first-order chi connectivity index (χ1) is 27.5. The van der Waals surface area contributed by atoms with Crippen LogP contribution in [0.15, 0.2) is 85.1 Å². The molecule has 4 atom stereocenters. The molecule has 0 amide bonds. The fourth-order valence-corrected chi connectivity index (χ4v) is 5.63. The molecule has 0 heterocycles. The summed E-state index contributed by atoms with van der Waals surface area (Å²) in [6.07, 6.45) is 42.6. The monoisotopic (exact) mass is 821 g/mol. The van der Waals surface area contributed by atoms with Crippen molar-refractivity contribution in [2.45, 2.75) is 154 Å². The standard InChI is InChI=1S/C44H72NO11P/c1-3-5-7-9-11-12-13-14-15-16-17-18-22-27-31-35-43(48)56-40(37-54-57(51,52)55-38-41(45)44(49)50)36-53-42(47)34-30-26-23-19-21-25-29-33-39(46)32-28-24-20-10-8-6-4-2/h11-12,14-15,17-20,23-25,28-29,32,39-41,46H,3-10,13,16,21-22,26-27,30-31,33-38,45H2,1-2H3,(H,49,50)(H,51,52)/b12-11-,15-14-,18-17-,23-19+,24-20-,29-25-,32-28-/t39-,40-,41+/m1/s1. The summed E-state index contributed by atoms with van der Waals surface area (Å²) in [7, 11) is -4.76. The van der Waals surface area contributed by atoms with Crippen LogP contribution in [0.2, 0.25) is 0 Å². The van der Waals surface area contributed by atoms with Gasteiger partial charge in [-0.3, -0.25) is 23.4 Å². The Labute approximate surface area is 342 Å². The molecular formula is C44H72NO11P. The molecule has 0 saturated carbocycles. The average Bonchev–Trinajstić information content (AvgIpc) is 3.18. The number of carbonyl (C=O) groups is 3. The lowest BCUT2D eigenvalue weighted by atomic mass is 10.1. The summed E-state index contributed by atoms with van der Waals surface area (Å²) < 4.78 is 32.5. The molecule has 13 heteroatoms. The van der Waals surface area contributed by atoms with Gasteiger partial charge in [-0.25, -0.2) is 4.57 Å². The van der Waals surface area contributed by atoms with Gasteiger partial charge < -0.3 is 30.3 Å². The van der Waals surface area contributed by atoms with Gasteiger partial charge in [0, 0.05) is 12.8 Å². The normalized spacial score (nSPS) is 15.2. The fraction of sp³-hybridized carbons (Fsp3) is 0.614. The molecule has 0 aromatic rings. The largest absolute Gasteiger partial charge is 0.480 e. The molecule has 0 aliphatic carbocycles. The summed E-state index contributed by atoms with van der Waals surface area (Å²) in [5, 5.41) is 18.9. The molecule has 1 unspecified atom stereocenters. The van der Waals surface area contributed by atoms with Crippen LogP contribution in [-0.2, 0) is 37.5 Å². The van der Waals surface area contributed by atoms with E-state index in [9.17, 15) is 28.9 Å². The van der Waals surface area contributed by atoms with Crippen molar-refractivity contribution in [1.29, 1.82) is 0 Å². The van der Waals surface area contributed by atoms with Gasteiger partial charge >= 0.3 is 25.7 Å². The van der Waals surface area contributed by atoms with Crippen molar-refractivity contribution in [2.24, 2.45) is 5.73 Å². The summed E-state index contributed by atoms with van der Waals surface area (Å²) in [5.41, 5.74) is 5.31. The number of hydrogen-bond donors (Lipinski definition) is 4. The van der Waals surface area contributed by atoms with Gasteiger partial charge in [0.25, 0.3) is 0 Å². The second-order valence-electron chi connectivity index (χ2n) is 13.6. The molecule has 0 rings (SSSR count). The average molecular weight is 822 g/mol. The number of aliphatic hydroxyl groups excluding tert-OH is 1. The molecule has 0 saturated heterocycles. The maximum atomic E-state index is 12.6. The maximum absolute atomic E-state index is 12.6. The number of esters is 2. The van der Waals surface area contributed by atoms with Crippen molar-refractivity contribution >= 4 is 25.7 Å². The first kappa shape index (κ1) is 53.6. The van der Waals surface area contributed by atoms with Gasteiger partial charge in [0.15, 0.2) is 6.10 Å². The molecule has 0 aromatic carbocycles. The lowest BCUT2D eigenvalue weighted by molar-refractivity contribution is -0.161. The molecule has 57 heavy (non-hydrogen) atoms. The molecule has 0 aromatic heterocycles. The van der Waals surface area contributed by atoms with E-state index in [1.165, 1.54) is 38.5 Å². The number of unbranched alkanes of at least 4 members (excludes halogenated alkanes) is 9. The van der Waals surface area contributed by atoms with Crippen LogP contribution < -0.4 is 5.73 Å². The highest BCUT2D eigenvalue weighted by Gasteiger charge is 2.28. The quantitative estimate of drug-likeness (QED) is 0.0153. The molecule has 5 N–H and O–H groups in total. The molecule has 12 nitrogen and oxygen atoms in total. The Balaban J connectivity index is 4.63. The van der Waals surface area contributed by atoms with E-state index in [1.807, 2.05) is 36.5 Å². The zero-order valence-corrected chi connectivity index (χ0v) is 35.4. The number of carboxylic acids is 1. The van der Waals surface area contributed by atoms with Crippen LogP contribution in [0.5, 0.6) is 0 Å². The Morgan fingerprint density at radius 1 is 0.632 bits per heavy atom. The number of allylic oxidation sites excluding steroid dienone is 12. The summed E-state index contributed by atoms with van der Waals surface area (Å²) in [5.74, 6) is -2.56. The Morgan fingerprint density at radius 2 is 1.14 bits per heavy atom. The van der Waals surface area contributed by atoms with Gasteiger partial charge in [-0.1, -0.05) is 125 Å². The number of carboxylic acid groups (broad SMARTS) is 1. The molecule has 0 fully saturated rings. The van der Waals surface area contributed by atoms with E-state index in [4.69, 9.17) is 24.8 Å². The second kappa shape index (κ2) is 38.2. The minimum Gasteiger partial charge on any atom is -0.480 e. The van der Waals surface area contributed by atoms with Crippen LogP contribution >= 0.6 is 7.82 Å². The van der Waals surface area contributed by atoms with Crippen molar-refractivity contribution in [3.05, 3.63) is 85.1 Å². The minimum absolute atomic E-state index is 0.0829. The molecular weight excluding hydrogens is 749 g/mol. The third kappa shape index (κ3) is 37.9. The van der Waals surface area contributed by atoms with Gasteiger partial charge in [-0.15, -0.1) is 0 Å². The number of ether oxygens (including phenoxy) is 2. The minimum atomic E-state index is -4.76. The van der Waals surface area contributed by atoms with Crippen molar-refractivity contribution in [3.63, 3.8) is 0 Å². The first-order valence-electron chi connectivity index (χ1n) is 20.7. The number of aliphatic carboxylic acids is 1. The smallest absolute Gasteiger partial charge is 0.472 e. The Bertz CT molecular complexity index is 1300. The number of phosphoric acid groups is 1. The summed E-state index contributed by atoms with van der Waals surface area (Å²) >= 11 is 0. The third-order valence-electron chi connectivity index (χ3n) is 8.20. The van der Waals surface area contributed by atoms with Gasteiger partial charge in [0.05, 0.1) is 19.3 Å². The Morgan fingerprint density at radius 3 is 1.74 bits per heavy atom. The van der Waals surface area contributed by atoms with Crippen molar-refractivity contribution in [1.82, 2.24) is 0 Å². The maximum Gasteiger partial charge on any atom is 0.472 e. The second-order valence-corrected chi connectivity index (χ2v) is 15.1. The molecule has 324 valence electrons. The summed E-state index contributed by atoms with van der Waals surface area (Å²) in [6, 6.07) is -1.55. The van der Waals surface area contributed by atoms with E-state index in [1.54, 1.807) is 6.08 Å². The van der Waals surface area contributed by atoms with Crippen LogP contribution in [0.1, 0.15) is 136 Å². The molecule has 0 spiro atoms. The van der Waals surface area contributed by atoms with Gasteiger partial charge in [-0.05, 0) is 83.5 Å². The van der Waals surface area contributed by atoms with Crippen LogP contribution in [0.3, 0.4) is 0 Å². The van der Waals surface area contributed by atoms with Crippen molar-refractivity contribution in [3.8, 4) is 0 Å². The van der Waals surface area contributed by atoms with Crippen molar-refractivity contribution in [2.75, 3.05) is 19.8 Å². The van der Waals surface area contributed by atoms with Crippen LogP contribution in [0.25, 0.3) is 0 Å². The third-order valence-corrected chi connectivity index (χ3v) is 9.15. The van der Waals surface area contributed by atoms with E-state index in [0.29, 0.717) is 32.1 Å². The predicted molar refractivity (Wildman–Crippen MR) is 227 cm³/mol. The van der Waals surface area contributed by atoms with E-state index in [0.717, 1.165) is 38.5 Å². The zero-order valence-electron chi connectivity index (χ0n) is 34.5. The molecule has 0 bridgehead atoms. The lowest BCUT2D eigenvalue weighted by Gasteiger charge is -2.20. The number of hydrogen-bond acceptors (Lipinski definition) is 10. The zero-order chi connectivity index (χ0) is 42.2. The Hall–Kier alpha value is -3.38.